The molecule has 1 aliphatic carbocycles. The number of carbonyl (C=O) groups excluding carboxylic acids is 3. The first-order valence-corrected chi connectivity index (χ1v) is 12.5. The van der Waals surface area contributed by atoms with Gasteiger partial charge >= 0.3 is 5.97 Å². The van der Waals surface area contributed by atoms with Gasteiger partial charge in [-0.1, -0.05) is 43.3 Å². The molecule has 5 N–H and O–H groups in total. The molecule has 0 radical (unpaired) electrons. The zero-order valence-electron chi connectivity index (χ0n) is 23.5. The summed E-state index contributed by atoms with van der Waals surface area (Å²) in [5.74, 6) is -10.7. The SMILES string of the molecule is CC/C=C/C(=C\C=C(/C)C(=O)/C(NC)=C(/C)N)NC(=O)C1C(C(=O)O)C1(F)F.Cc1ccccc1C(C)OC=O. The van der Waals surface area contributed by atoms with E-state index < -0.39 is 29.6 Å². The molecule has 1 amide bonds. The molecule has 1 aromatic rings. The van der Waals surface area contributed by atoms with Gasteiger partial charge in [0.15, 0.2) is 0 Å². The van der Waals surface area contributed by atoms with Crippen LogP contribution in [0, 0.1) is 18.8 Å². The lowest BCUT2D eigenvalue weighted by atomic mass is 10.1. The molecular weight excluding hydrogens is 524 g/mol. The molecule has 3 unspecified atom stereocenters. The van der Waals surface area contributed by atoms with Crippen LogP contribution in [0.25, 0.3) is 0 Å². The molecule has 0 bridgehead atoms. The zero-order chi connectivity index (χ0) is 30.6. The van der Waals surface area contributed by atoms with Gasteiger partial charge in [-0.2, -0.15) is 0 Å². The summed E-state index contributed by atoms with van der Waals surface area (Å²) < 4.78 is 31.9. The summed E-state index contributed by atoms with van der Waals surface area (Å²) in [6.45, 7) is 9.28. The van der Waals surface area contributed by atoms with Crippen LogP contribution < -0.4 is 16.4 Å². The van der Waals surface area contributed by atoms with Gasteiger partial charge in [0.05, 0.1) is 0 Å². The van der Waals surface area contributed by atoms with Crippen LogP contribution in [0.2, 0.25) is 0 Å². The quantitative estimate of drug-likeness (QED) is 0.170. The van der Waals surface area contributed by atoms with E-state index in [-0.39, 0.29) is 23.3 Å². The predicted octanol–water partition coefficient (Wildman–Crippen LogP) is 4.07. The maximum Gasteiger partial charge on any atom is 0.313 e. The Morgan fingerprint density at radius 2 is 1.80 bits per heavy atom. The van der Waals surface area contributed by atoms with Gasteiger partial charge in [0, 0.05) is 18.4 Å². The van der Waals surface area contributed by atoms with Crippen LogP contribution in [0.5, 0.6) is 0 Å². The molecule has 218 valence electrons. The number of hydrogen-bond acceptors (Lipinski definition) is 7. The Labute approximate surface area is 232 Å². The topological polar surface area (TPSA) is 148 Å². The van der Waals surface area contributed by atoms with Crippen molar-refractivity contribution in [1.29, 1.82) is 0 Å². The molecule has 1 aromatic carbocycles. The average molecular weight is 562 g/mol. The zero-order valence-corrected chi connectivity index (χ0v) is 23.5. The fourth-order valence-electron chi connectivity index (χ4n) is 3.74. The molecule has 1 saturated carbocycles. The number of carboxylic acids is 1. The Hall–Kier alpha value is -4.28. The number of nitrogens with one attached hydrogen (secondary N) is 2. The molecule has 11 heteroatoms. The van der Waals surface area contributed by atoms with Crippen molar-refractivity contribution in [3.63, 3.8) is 0 Å². The highest BCUT2D eigenvalue weighted by Crippen LogP contribution is 2.55. The van der Waals surface area contributed by atoms with Gasteiger partial charge in [-0.3, -0.25) is 19.2 Å². The Bertz CT molecular complexity index is 1220. The number of aryl methyl sites for hydroxylation is 1. The van der Waals surface area contributed by atoms with Crippen LogP contribution in [0.1, 0.15) is 51.3 Å². The molecule has 3 atom stereocenters. The maximum atomic E-state index is 13.5. The number of nitrogens with two attached hydrogens (primary N) is 1. The van der Waals surface area contributed by atoms with Gasteiger partial charge in [-0.05, 0) is 63.0 Å². The van der Waals surface area contributed by atoms with Gasteiger partial charge in [0.2, 0.25) is 11.7 Å². The number of allylic oxidation sites excluding steroid dienone is 6. The minimum atomic E-state index is -3.58. The highest BCUT2D eigenvalue weighted by atomic mass is 19.3. The molecule has 9 nitrogen and oxygen atoms in total. The van der Waals surface area contributed by atoms with Gasteiger partial charge in [-0.15, -0.1) is 0 Å². The molecule has 40 heavy (non-hydrogen) atoms. The smallest absolute Gasteiger partial charge is 0.313 e. The normalized spacial score (nSPS) is 19.4. The second-order valence-corrected chi connectivity index (χ2v) is 9.11. The van der Waals surface area contributed by atoms with E-state index in [9.17, 15) is 28.0 Å². The Morgan fingerprint density at radius 1 is 1.18 bits per heavy atom. The van der Waals surface area contributed by atoms with E-state index in [1.54, 1.807) is 20.0 Å². The highest BCUT2D eigenvalue weighted by Gasteiger charge is 2.76. The minimum absolute atomic E-state index is 0.149. The third-order valence-corrected chi connectivity index (χ3v) is 6.03. The molecule has 0 saturated heterocycles. The first-order chi connectivity index (χ1) is 18.7. The number of carboxylic acid groups (broad SMARTS) is 1. The number of aliphatic carboxylic acids is 1. The van der Waals surface area contributed by atoms with Crippen LogP contribution in [-0.2, 0) is 23.9 Å². The van der Waals surface area contributed by atoms with Crippen LogP contribution in [0.4, 0.5) is 8.78 Å². The molecule has 0 aliphatic heterocycles. The summed E-state index contributed by atoms with van der Waals surface area (Å²) in [5.41, 5.74) is 8.83. The van der Waals surface area contributed by atoms with Gasteiger partial charge in [0.25, 0.3) is 12.4 Å². The Morgan fingerprint density at radius 3 is 2.27 bits per heavy atom. The average Bonchev–Trinajstić information content (AvgIpc) is 3.48. The minimum Gasteiger partial charge on any atom is -0.481 e. The van der Waals surface area contributed by atoms with Crippen molar-refractivity contribution in [2.75, 3.05) is 7.05 Å². The van der Waals surface area contributed by atoms with Crippen LogP contribution >= 0.6 is 0 Å². The summed E-state index contributed by atoms with van der Waals surface area (Å²) in [6, 6.07) is 7.86. The number of Topliss-reactive ketones (excluding diaryl/α,β-unsaturated/α-hetero) is 1. The van der Waals surface area contributed by atoms with Crippen molar-refractivity contribution in [1.82, 2.24) is 10.6 Å². The monoisotopic (exact) mass is 561 g/mol. The number of ether oxygens (including phenoxy) is 1. The largest absolute Gasteiger partial charge is 0.481 e. The van der Waals surface area contributed by atoms with Crippen molar-refractivity contribution in [2.24, 2.45) is 17.6 Å². The molecule has 2 rings (SSSR count). The number of alkyl halides is 2. The molecule has 0 spiro atoms. The summed E-state index contributed by atoms with van der Waals surface area (Å²) in [5, 5.41) is 13.8. The number of carbonyl (C=O) groups is 4. The number of amides is 1. The van der Waals surface area contributed by atoms with Crippen LogP contribution in [0.15, 0.2) is 71.2 Å². The predicted molar refractivity (Wildman–Crippen MR) is 147 cm³/mol. The highest BCUT2D eigenvalue weighted by molar-refractivity contribution is 6.07. The van der Waals surface area contributed by atoms with E-state index >= 15 is 0 Å². The molecule has 0 heterocycles. The second kappa shape index (κ2) is 15.3. The van der Waals surface area contributed by atoms with E-state index in [2.05, 4.69) is 10.6 Å². The molecule has 1 aliphatic rings. The van der Waals surface area contributed by atoms with Gasteiger partial charge in [-0.25, -0.2) is 8.78 Å². The van der Waals surface area contributed by atoms with E-state index in [0.29, 0.717) is 24.2 Å². The lowest BCUT2D eigenvalue weighted by molar-refractivity contribution is -0.141. The molecular formula is C29H37F2N3O6. The standard InChI is InChI=1S/C19H25F2N3O4.C10H12O2/c1-5-6-7-12(9-8-10(2)16(25)15(23-4)11(3)22)24-17(26)13-14(18(27)28)19(13,20)21;1-8-5-3-4-6-10(8)9(2)12-7-11/h6-9,13-14,23H,5,22H2,1-4H3,(H,24,26)(H,27,28);3-7,9H,1-2H3/b7-6+,10-8+,12-9+,15-11+;. The number of likely N-dealkylation sites (N-methyl/N-ethyl adjacent to an activating group) is 1. The second-order valence-electron chi connectivity index (χ2n) is 9.11. The van der Waals surface area contributed by atoms with Crippen molar-refractivity contribution in [3.05, 3.63) is 82.4 Å². The summed E-state index contributed by atoms with van der Waals surface area (Å²) in [4.78, 5) is 45.3. The summed E-state index contributed by atoms with van der Waals surface area (Å²) in [6.07, 6.45) is 6.44. The third kappa shape index (κ3) is 9.18. The lowest BCUT2D eigenvalue weighted by Crippen LogP contribution is -2.26. The molecule has 0 aromatic heterocycles. The number of ketones is 1. The van der Waals surface area contributed by atoms with Crippen molar-refractivity contribution >= 4 is 24.1 Å². The first-order valence-electron chi connectivity index (χ1n) is 12.5. The van der Waals surface area contributed by atoms with Crippen LogP contribution in [0.3, 0.4) is 0 Å². The van der Waals surface area contributed by atoms with E-state index in [1.807, 2.05) is 45.0 Å². The fourth-order valence-corrected chi connectivity index (χ4v) is 3.74. The lowest BCUT2D eigenvalue weighted by Gasteiger charge is -2.11. The van der Waals surface area contributed by atoms with E-state index in [4.69, 9.17) is 15.6 Å². The van der Waals surface area contributed by atoms with Crippen LogP contribution in [-0.4, -0.2) is 42.2 Å². The van der Waals surface area contributed by atoms with Gasteiger partial charge < -0.3 is 26.2 Å². The Balaban J connectivity index is 0.000000552. The fraction of sp³-hybridized carbons (Fsp3) is 0.379. The Kier molecular flexibility index (Phi) is 12.9. The summed E-state index contributed by atoms with van der Waals surface area (Å²) >= 11 is 0. The number of hydrogen-bond donors (Lipinski definition) is 4. The first kappa shape index (κ1) is 33.7. The van der Waals surface area contributed by atoms with Crippen molar-refractivity contribution < 1.29 is 37.8 Å². The van der Waals surface area contributed by atoms with Crippen molar-refractivity contribution in [2.45, 2.75) is 53.1 Å². The van der Waals surface area contributed by atoms with Gasteiger partial charge in [0.1, 0.15) is 23.6 Å². The van der Waals surface area contributed by atoms with Crippen molar-refractivity contribution in [3.8, 4) is 0 Å². The number of halogens is 2. The molecule has 1 fully saturated rings. The van der Waals surface area contributed by atoms with E-state index in [0.717, 1.165) is 11.1 Å². The maximum absolute atomic E-state index is 13.5. The summed E-state index contributed by atoms with van der Waals surface area (Å²) in [7, 11) is 1.55. The van der Waals surface area contributed by atoms with E-state index in [1.165, 1.54) is 25.2 Å². The number of rotatable bonds is 12. The third-order valence-electron chi connectivity index (χ3n) is 6.03. The number of benzene rings is 1.